The van der Waals surface area contributed by atoms with E-state index >= 15 is 0 Å². The predicted octanol–water partition coefficient (Wildman–Crippen LogP) is 4.18. The minimum absolute atomic E-state index is 0.115. The number of fused-ring (bicyclic) bond motifs is 1. The molecule has 34 heavy (non-hydrogen) atoms. The first-order valence-electron chi connectivity index (χ1n) is 10.4. The van der Waals surface area contributed by atoms with Crippen LogP contribution in [0.15, 0.2) is 42.6 Å². The van der Waals surface area contributed by atoms with Gasteiger partial charge in [0, 0.05) is 22.8 Å². The molecule has 0 radical (unpaired) electrons. The fraction of sp³-hybridized carbons (Fsp3) is 0.250. The van der Waals surface area contributed by atoms with Gasteiger partial charge in [0.15, 0.2) is 0 Å². The number of benzene rings is 2. The van der Waals surface area contributed by atoms with E-state index in [1.165, 1.54) is 12.1 Å². The van der Waals surface area contributed by atoms with Crippen LogP contribution in [0.3, 0.4) is 0 Å². The molecule has 4 N–H and O–H groups in total. The van der Waals surface area contributed by atoms with Gasteiger partial charge in [0.2, 0.25) is 5.91 Å². The lowest BCUT2D eigenvalue weighted by Crippen LogP contribution is -2.33. The van der Waals surface area contributed by atoms with Crippen LogP contribution < -0.4 is 16.4 Å². The van der Waals surface area contributed by atoms with Crippen LogP contribution in [0.5, 0.6) is 0 Å². The SMILES string of the molecule is Cc1cc(C(=O)NCC(F)(F)F)ccc1-c1cc(N)c2cnc(NC(=O)[C@H]3C[C@@H]3C#N)cc2c1. The maximum Gasteiger partial charge on any atom is 0.405 e. The standard InChI is InChI=1S/C24H20F3N5O2/c1-12-4-13(22(33)31-11-24(25,26)27)2-3-17(12)14-5-15-8-21(30-10-19(15)20(29)7-14)32-23(34)18-6-16(18)9-28/h2-5,7-8,10,16,18H,6,11,29H2,1H3,(H,31,33)(H,30,32,34)/t16-,18+/m1/s1. The van der Waals surface area contributed by atoms with Crippen molar-refractivity contribution in [2.24, 2.45) is 11.8 Å². The van der Waals surface area contributed by atoms with Crippen LogP contribution in [0.4, 0.5) is 24.7 Å². The van der Waals surface area contributed by atoms with Crippen molar-refractivity contribution in [3.63, 3.8) is 0 Å². The van der Waals surface area contributed by atoms with Crippen molar-refractivity contribution in [3.05, 3.63) is 53.7 Å². The number of amides is 2. The first-order valence-corrected chi connectivity index (χ1v) is 10.4. The largest absolute Gasteiger partial charge is 0.405 e. The fourth-order valence-electron chi connectivity index (χ4n) is 3.77. The summed E-state index contributed by atoms with van der Waals surface area (Å²) in [6.45, 7) is 0.342. The van der Waals surface area contributed by atoms with Crippen LogP contribution in [0.2, 0.25) is 0 Å². The van der Waals surface area contributed by atoms with Gasteiger partial charge in [0.1, 0.15) is 12.4 Å². The van der Waals surface area contributed by atoms with Crippen molar-refractivity contribution >= 4 is 34.1 Å². The molecule has 10 heteroatoms. The van der Waals surface area contributed by atoms with Crippen molar-refractivity contribution < 1.29 is 22.8 Å². The Labute approximate surface area is 192 Å². The summed E-state index contributed by atoms with van der Waals surface area (Å²) >= 11 is 0. The Morgan fingerprint density at radius 3 is 2.65 bits per heavy atom. The van der Waals surface area contributed by atoms with Crippen LogP contribution in [-0.4, -0.2) is 29.5 Å². The summed E-state index contributed by atoms with van der Waals surface area (Å²) in [5.41, 5.74) is 8.95. The van der Waals surface area contributed by atoms with Gasteiger partial charge in [-0.1, -0.05) is 6.07 Å². The number of nitrogens with zero attached hydrogens (tertiary/aromatic N) is 2. The number of nitrogens with one attached hydrogen (secondary N) is 2. The number of rotatable bonds is 5. The van der Waals surface area contributed by atoms with Crippen LogP contribution in [0.25, 0.3) is 21.9 Å². The van der Waals surface area contributed by atoms with E-state index in [-0.39, 0.29) is 23.3 Å². The summed E-state index contributed by atoms with van der Waals surface area (Å²) in [7, 11) is 0. The van der Waals surface area contributed by atoms with Gasteiger partial charge in [-0.05, 0) is 65.8 Å². The van der Waals surface area contributed by atoms with Crippen molar-refractivity contribution in [2.45, 2.75) is 19.5 Å². The Morgan fingerprint density at radius 2 is 2.00 bits per heavy atom. The second-order valence-corrected chi connectivity index (χ2v) is 8.25. The van der Waals surface area contributed by atoms with Crippen LogP contribution >= 0.6 is 0 Å². The maximum absolute atomic E-state index is 12.4. The quantitative estimate of drug-likeness (QED) is 0.486. The van der Waals surface area contributed by atoms with Gasteiger partial charge in [-0.25, -0.2) is 4.98 Å². The molecule has 3 aromatic rings. The van der Waals surface area contributed by atoms with Gasteiger partial charge in [-0.15, -0.1) is 0 Å². The number of hydrogen-bond acceptors (Lipinski definition) is 5. The lowest BCUT2D eigenvalue weighted by Gasteiger charge is -2.13. The smallest absolute Gasteiger partial charge is 0.398 e. The number of aryl methyl sites for hydroxylation is 1. The third-order valence-corrected chi connectivity index (χ3v) is 5.66. The van der Waals surface area contributed by atoms with Crippen molar-refractivity contribution in [3.8, 4) is 17.2 Å². The van der Waals surface area contributed by atoms with Gasteiger partial charge in [0.25, 0.3) is 5.91 Å². The number of carbonyl (C=O) groups is 2. The zero-order chi connectivity index (χ0) is 24.6. The third-order valence-electron chi connectivity index (χ3n) is 5.66. The van der Waals surface area contributed by atoms with Crippen LogP contribution in [0, 0.1) is 30.1 Å². The normalized spacial score (nSPS) is 17.1. The molecular weight excluding hydrogens is 447 g/mol. The highest BCUT2D eigenvalue weighted by atomic mass is 19.4. The Kier molecular flexibility index (Phi) is 5.87. The summed E-state index contributed by atoms with van der Waals surface area (Å²) in [6.07, 6.45) is -2.40. The molecule has 0 aliphatic heterocycles. The number of nitrogen functional groups attached to an aromatic ring is 1. The molecule has 0 bridgehead atoms. The Hall–Kier alpha value is -4.13. The van der Waals surface area contributed by atoms with Gasteiger partial charge in [-0.3, -0.25) is 9.59 Å². The molecule has 0 spiro atoms. The molecule has 1 heterocycles. The fourth-order valence-corrected chi connectivity index (χ4v) is 3.77. The molecule has 7 nitrogen and oxygen atoms in total. The van der Waals surface area contributed by atoms with E-state index in [9.17, 15) is 22.8 Å². The number of halogens is 3. The zero-order valence-corrected chi connectivity index (χ0v) is 18.0. The summed E-state index contributed by atoms with van der Waals surface area (Å²) in [6, 6.07) is 12.0. The van der Waals surface area contributed by atoms with Crippen LogP contribution in [-0.2, 0) is 4.79 Å². The molecule has 2 amide bonds. The molecule has 2 atom stereocenters. The molecule has 1 aromatic heterocycles. The van der Waals surface area contributed by atoms with Crippen molar-refractivity contribution in [1.29, 1.82) is 5.26 Å². The Balaban J connectivity index is 1.59. The zero-order valence-electron chi connectivity index (χ0n) is 18.0. The number of anilines is 2. The van der Waals surface area contributed by atoms with Gasteiger partial charge < -0.3 is 16.4 Å². The first-order chi connectivity index (χ1) is 16.1. The Bertz CT molecular complexity index is 1350. The second-order valence-electron chi connectivity index (χ2n) is 8.25. The van der Waals surface area contributed by atoms with Crippen molar-refractivity contribution in [1.82, 2.24) is 10.3 Å². The molecule has 1 saturated carbocycles. The van der Waals surface area contributed by atoms with Gasteiger partial charge in [0.05, 0.1) is 17.9 Å². The monoisotopic (exact) mass is 467 g/mol. The lowest BCUT2D eigenvalue weighted by atomic mass is 9.95. The maximum atomic E-state index is 12.4. The van der Waals surface area contributed by atoms with E-state index < -0.39 is 18.6 Å². The predicted molar refractivity (Wildman–Crippen MR) is 121 cm³/mol. The molecular formula is C24H20F3N5O2. The first kappa shape index (κ1) is 23.0. The number of nitriles is 1. The minimum Gasteiger partial charge on any atom is -0.398 e. The Morgan fingerprint density at radius 1 is 1.24 bits per heavy atom. The van der Waals surface area contributed by atoms with Gasteiger partial charge >= 0.3 is 6.18 Å². The summed E-state index contributed by atoms with van der Waals surface area (Å²) in [5.74, 6) is -1.31. The number of hydrogen-bond donors (Lipinski definition) is 3. The summed E-state index contributed by atoms with van der Waals surface area (Å²) in [5, 5.41) is 14.9. The highest BCUT2D eigenvalue weighted by molar-refractivity contribution is 6.01. The van der Waals surface area contributed by atoms with E-state index in [4.69, 9.17) is 11.0 Å². The molecule has 1 aliphatic rings. The number of alkyl halides is 3. The number of carbonyl (C=O) groups excluding carboxylic acids is 2. The topological polar surface area (TPSA) is 121 Å². The molecule has 0 unspecified atom stereocenters. The van der Waals surface area contributed by atoms with Crippen molar-refractivity contribution in [2.75, 3.05) is 17.6 Å². The number of nitrogens with two attached hydrogens (primary N) is 1. The molecule has 0 saturated heterocycles. The third kappa shape index (κ3) is 4.93. The van der Waals surface area contributed by atoms with E-state index in [0.29, 0.717) is 28.9 Å². The summed E-state index contributed by atoms with van der Waals surface area (Å²) in [4.78, 5) is 28.5. The average molecular weight is 467 g/mol. The lowest BCUT2D eigenvalue weighted by molar-refractivity contribution is -0.123. The van der Waals surface area contributed by atoms with Gasteiger partial charge in [-0.2, -0.15) is 18.4 Å². The number of aromatic nitrogens is 1. The van der Waals surface area contributed by atoms with E-state index in [2.05, 4.69) is 16.4 Å². The van der Waals surface area contributed by atoms with E-state index in [1.54, 1.807) is 31.3 Å². The number of pyridine rings is 1. The highest BCUT2D eigenvalue weighted by Gasteiger charge is 2.43. The van der Waals surface area contributed by atoms with E-state index in [1.807, 2.05) is 11.4 Å². The molecule has 2 aromatic carbocycles. The molecule has 1 aliphatic carbocycles. The van der Waals surface area contributed by atoms with E-state index in [0.717, 1.165) is 16.5 Å². The average Bonchev–Trinajstić information content (AvgIpc) is 3.57. The summed E-state index contributed by atoms with van der Waals surface area (Å²) < 4.78 is 37.1. The molecule has 4 rings (SSSR count). The molecule has 174 valence electrons. The minimum atomic E-state index is -4.49. The van der Waals surface area contributed by atoms with Crippen LogP contribution in [0.1, 0.15) is 22.3 Å². The second kappa shape index (κ2) is 8.67. The molecule has 1 fully saturated rings. The highest BCUT2D eigenvalue weighted by Crippen LogP contribution is 2.38.